The molecule has 0 aliphatic heterocycles. The molecule has 0 aromatic heterocycles. The zero-order chi connectivity index (χ0) is 16.6. The van der Waals surface area contributed by atoms with Crippen molar-refractivity contribution in [2.24, 2.45) is 34.5 Å². The number of carbonyl (C=O) groups excluding carboxylic acids is 1. The maximum atomic E-state index is 11.9. The molecule has 0 amide bonds. The summed E-state index contributed by atoms with van der Waals surface area (Å²) in [5.41, 5.74) is 0.0782. The van der Waals surface area contributed by atoms with Gasteiger partial charge >= 0.3 is 5.97 Å². The predicted molar refractivity (Wildman–Crippen MR) is 85.8 cm³/mol. The highest BCUT2D eigenvalue weighted by atomic mass is 16.5. The molecule has 0 saturated heterocycles. The van der Waals surface area contributed by atoms with E-state index in [1.165, 1.54) is 7.11 Å². The van der Waals surface area contributed by atoms with Crippen LogP contribution in [0.3, 0.4) is 0 Å². The summed E-state index contributed by atoms with van der Waals surface area (Å²) in [5.74, 6) is 0.489. The predicted octanol–water partition coefficient (Wildman–Crippen LogP) is 3.89. The van der Waals surface area contributed by atoms with Crippen molar-refractivity contribution in [1.29, 1.82) is 0 Å². The number of aliphatic hydroxyl groups is 1. The Morgan fingerprint density at radius 1 is 1.05 bits per heavy atom. The van der Waals surface area contributed by atoms with Gasteiger partial charge in [-0.1, -0.05) is 48.5 Å². The van der Waals surface area contributed by atoms with E-state index >= 15 is 0 Å². The third-order valence-electron chi connectivity index (χ3n) is 5.44. The fourth-order valence-corrected chi connectivity index (χ4v) is 3.83. The van der Waals surface area contributed by atoms with Crippen LogP contribution in [0.25, 0.3) is 0 Å². The summed E-state index contributed by atoms with van der Waals surface area (Å²) >= 11 is 0. The van der Waals surface area contributed by atoms with Crippen LogP contribution in [-0.2, 0) is 9.53 Å². The van der Waals surface area contributed by atoms with Gasteiger partial charge in [0.1, 0.15) is 0 Å². The van der Waals surface area contributed by atoms with E-state index < -0.39 is 0 Å². The number of hydrogen-bond donors (Lipinski definition) is 1. The van der Waals surface area contributed by atoms with Crippen molar-refractivity contribution < 1.29 is 14.6 Å². The van der Waals surface area contributed by atoms with E-state index in [2.05, 4.69) is 41.5 Å². The molecule has 0 aromatic carbocycles. The maximum absolute atomic E-state index is 11.9. The van der Waals surface area contributed by atoms with Gasteiger partial charge < -0.3 is 9.84 Å². The summed E-state index contributed by atoms with van der Waals surface area (Å²) in [5, 5.41) is 10.9. The number of methoxy groups -OCH3 is 1. The number of hydrogen-bond acceptors (Lipinski definition) is 3. The molecule has 1 rings (SSSR count). The first-order chi connectivity index (χ1) is 9.39. The summed E-state index contributed by atoms with van der Waals surface area (Å²) in [6, 6.07) is 0. The highest BCUT2D eigenvalue weighted by molar-refractivity contribution is 5.72. The monoisotopic (exact) mass is 298 g/mol. The second-order valence-electron chi connectivity index (χ2n) is 8.98. The second-order valence-corrected chi connectivity index (χ2v) is 8.98. The summed E-state index contributed by atoms with van der Waals surface area (Å²) in [4.78, 5) is 11.9. The molecule has 1 fully saturated rings. The lowest BCUT2D eigenvalue weighted by Gasteiger charge is -2.50. The summed E-state index contributed by atoms with van der Waals surface area (Å²) in [7, 11) is 1.46. The van der Waals surface area contributed by atoms with E-state index in [4.69, 9.17) is 4.74 Å². The SMILES string of the molecule is COC(=O)C(C)C1CC(C(C)(C)C)C(O)C(C(C)(C)C)C1. The van der Waals surface area contributed by atoms with Gasteiger partial charge in [0.25, 0.3) is 0 Å². The maximum Gasteiger partial charge on any atom is 0.308 e. The third-order valence-corrected chi connectivity index (χ3v) is 5.44. The molecular formula is C18H34O3. The number of esters is 1. The van der Waals surface area contributed by atoms with Crippen molar-refractivity contribution in [2.45, 2.75) is 67.4 Å². The quantitative estimate of drug-likeness (QED) is 0.787. The molecule has 124 valence electrons. The van der Waals surface area contributed by atoms with Crippen LogP contribution in [0.2, 0.25) is 0 Å². The van der Waals surface area contributed by atoms with Gasteiger partial charge in [-0.2, -0.15) is 0 Å². The normalized spacial score (nSPS) is 32.6. The summed E-state index contributed by atoms with van der Waals surface area (Å²) in [6.45, 7) is 15.1. The largest absolute Gasteiger partial charge is 0.469 e. The van der Waals surface area contributed by atoms with Crippen LogP contribution in [0, 0.1) is 34.5 Å². The highest BCUT2D eigenvalue weighted by Crippen LogP contribution is 2.50. The first-order valence-electron chi connectivity index (χ1n) is 8.15. The molecule has 1 N–H and O–H groups in total. The lowest BCUT2D eigenvalue weighted by molar-refractivity contribution is -0.151. The van der Waals surface area contributed by atoms with Crippen molar-refractivity contribution in [2.75, 3.05) is 7.11 Å². The summed E-state index contributed by atoms with van der Waals surface area (Å²) in [6.07, 6.45) is 1.49. The van der Waals surface area contributed by atoms with E-state index in [-0.39, 0.29) is 46.6 Å². The van der Waals surface area contributed by atoms with Gasteiger partial charge in [0.15, 0.2) is 0 Å². The molecule has 21 heavy (non-hydrogen) atoms. The van der Waals surface area contributed by atoms with Gasteiger partial charge in [0.05, 0.1) is 19.1 Å². The van der Waals surface area contributed by atoms with Crippen molar-refractivity contribution >= 4 is 5.97 Å². The zero-order valence-electron chi connectivity index (χ0n) is 15.1. The van der Waals surface area contributed by atoms with Gasteiger partial charge in [-0.15, -0.1) is 0 Å². The average Bonchev–Trinajstić information content (AvgIpc) is 2.34. The second kappa shape index (κ2) is 6.28. The lowest BCUT2D eigenvalue weighted by Crippen LogP contribution is -2.49. The van der Waals surface area contributed by atoms with E-state index in [1.807, 2.05) is 6.92 Å². The molecule has 0 bridgehead atoms. The van der Waals surface area contributed by atoms with Gasteiger partial charge in [-0.25, -0.2) is 0 Å². The molecule has 3 heteroatoms. The van der Waals surface area contributed by atoms with E-state index in [0.29, 0.717) is 0 Å². The smallest absolute Gasteiger partial charge is 0.308 e. The highest BCUT2D eigenvalue weighted by Gasteiger charge is 2.47. The van der Waals surface area contributed by atoms with Crippen molar-refractivity contribution in [1.82, 2.24) is 0 Å². The van der Waals surface area contributed by atoms with Crippen molar-refractivity contribution in [3.8, 4) is 0 Å². The number of rotatable bonds is 2. The van der Waals surface area contributed by atoms with Crippen LogP contribution in [0.4, 0.5) is 0 Å². The van der Waals surface area contributed by atoms with Gasteiger partial charge in [0.2, 0.25) is 0 Å². The van der Waals surface area contributed by atoms with Gasteiger partial charge in [0, 0.05) is 0 Å². The zero-order valence-corrected chi connectivity index (χ0v) is 15.1. The van der Waals surface area contributed by atoms with Crippen LogP contribution in [0.15, 0.2) is 0 Å². The minimum atomic E-state index is -0.300. The van der Waals surface area contributed by atoms with Crippen LogP contribution in [0.1, 0.15) is 61.3 Å². The Kier molecular flexibility index (Phi) is 5.52. The molecule has 0 spiro atoms. The van der Waals surface area contributed by atoms with Gasteiger partial charge in [-0.05, 0) is 41.4 Å². The van der Waals surface area contributed by atoms with Crippen LogP contribution >= 0.6 is 0 Å². The Balaban J connectivity index is 3.07. The standard InChI is InChI=1S/C18H34O3/c1-11(16(20)21-8)12-9-13(17(2,3)4)15(19)14(10-12)18(5,6)7/h11-15,19H,9-10H2,1-8H3. The lowest BCUT2D eigenvalue weighted by atomic mass is 9.57. The third kappa shape index (κ3) is 4.21. The average molecular weight is 298 g/mol. The Morgan fingerprint density at radius 2 is 1.43 bits per heavy atom. The Bertz CT molecular complexity index is 338. The Morgan fingerprint density at radius 3 is 1.71 bits per heavy atom. The molecule has 0 radical (unpaired) electrons. The molecule has 3 nitrogen and oxygen atoms in total. The first kappa shape index (κ1) is 18.5. The molecule has 3 unspecified atom stereocenters. The molecule has 1 aliphatic carbocycles. The van der Waals surface area contributed by atoms with Gasteiger partial charge in [-0.3, -0.25) is 4.79 Å². The van der Waals surface area contributed by atoms with Crippen molar-refractivity contribution in [3.63, 3.8) is 0 Å². The molecule has 0 heterocycles. The van der Waals surface area contributed by atoms with E-state index in [0.717, 1.165) is 12.8 Å². The minimum absolute atomic E-state index is 0.0391. The number of ether oxygens (including phenoxy) is 1. The Labute approximate surface area is 130 Å². The van der Waals surface area contributed by atoms with Crippen molar-refractivity contribution in [3.05, 3.63) is 0 Å². The number of carbonyl (C=O) groups is 1. The minimum Gasteiger partial charge on any atom is -0.469 e. The molecule has 3 atom stereocenters. The molecular weight excluding hydrogens is 264 g/mol. The van der Waals surface area contributed by atoms with Crippen LogP contribution in [0.5, 0.6) is 0 Å². The fraction of sp³-hybridized carbons (Fsp3) is 0.944. The molecule has 0 aromatic rings. The van der Waals surface area contributed by atoms with Crippen LogP contribution in [-0.4, -0.2) is 24.3 Å². The summed E-state index contributed by atoms with van der Waals surface area (Å²) < 4.78 is 4.93. The molecule has 1 saturated carbocycles. The number of aliphatic hydroxyl groups excluding tert-OH is 1. The topological polar surface area (TPSA) is 46.5 Å². The van der Waals surface area contributed by atoms with E-state index in [1.54, 1.807) is 0 Å². The van der Waals surface area contributed by atoms with Crippen LogP contribution < -0.4 is 0 Å². The first-order valence-corrected chi connectivity index (χ1v) is 8.15. The van der Waals surface area contributed by atoms with E-state index in [9.17, 15) is 9.90 Å². The fourth-order valence-electron chi connectivity index (χ4n) is 3.83. The Hall–Kier alpha value is -0.570. The molecule has 1 aliphatic rings.